The summed E-state index contributed by atoms with van der Waals surface area (Å²) in [6.45, 7) is 1.27. The lowest BCUT2D eigenvalue weighted by molar-refractivity contribution is -0.690. The van der Waals surface area contributed by atoms with Crippen LogP contribution in [0.5, 0.6) is 0 Å². The number of nitrogens with zero attached hydrogens (tertiary/aromatic N) is 6. The number of hydrogen-bond acceptors (Lipinski definition) is 6. The minimum atomic E-state index is -0.461. The average molecular weight is 861 g/mol. The maximum atomic E-state index is 13.8. The van der Waals surface area contributed by atoms with E-state index < -0.39 is 23.6 Å². The van der Waals surface area contributed by atoms with Gasteiger partial charge in [-0.15, -0.1) is 0 Å². The Morgan fingerprint density at radius 3 is 1.14 bits per heavy atom. The van der Waals surface area contributed by atoms with E-state index in [2.05, 4.69) is 10.6 Å². The number of rotatable bonds is 16. The van der Waals surface area contributed by atoms with Gasteiger partial charge in [-0.3, -0.25) is 38.6 Å². The molecule has 8 rings (SSSR count). The van der Waals surface area contributed by atoms with Gasteiger partial charge in [0.25, 0.3) is 58.2 Å². The Morgan fingerprint density at radius 1 is 0.438 bits per heavy atom. The predicted molar refractivity (Wildman–Crippen MR) is 236 cm³/mol. The minimum absolute atomic E-state index is 0.179. The lowest BCUT2D eigenvalue weighted by Gasteiger charge is -2.32. The Hall–Kier alpha value is -7.48. The lowest BCUT2D eigenvalue weighted by Crippen LogP contribution is -2.43. The van der Waals surface area contributed by atoms with E-state index in [9.17, 15) is 28.8 Å². The number of aromatic nitrogens is 4. The highest BCUT2D eigenvalue weighted by Gasteiger charge is 2.39. The van der Waals surface area contributed by atoms with Crippen LogP contribution < -0.4 is 28.9 Å². The minimum Gasteiger partial charge on any atom is -0.352 e. The van der Waals surface area contributed by atoms with E-state index in [4.69, 9.17) is 0 Å². The van der Waals surface area contributed by atoms with Gasteiger partial charge < -0.3 is 10.6 Å². The van der Waals surface area contributed by atoms with Crippen LogP contribution in [0.3, 0.4) is 0 Å². The first kappa shape index (κ1) is 43.2. The third kappa shape index (κ3) is 8.38. The van der Waals surface area contributed by atoms with E-state index in [1.165, 1.54) is 9.80 Å². The van der Waals surface area contributed by atoms with Crippen molar-refractivity contribution in [3.05, 3.63) is 143 Å². The van der Waals surface area contributed by atoms with Crippen molar-refractivity contribution < 1.29 is 47.0 Å². The number of hydrogen-bond donors (Lipinski definition) is 2. The van der Waals surface area contributed by atoms with Crippen molar-refractivity contribution in [1.29, 1.82) is 0 Å². The quantitative estimate of drug-likeness (QED) is 0.0859. The number of benzene rings is 2. The number of nitrogens with one attached hydrogen (secondary N) is 2. The van der Waals surface area contributed by atoms with Crippen molar-refractivity contribution >= 4 is 46.2 Å². The molecule has 0 saturated heterocycles. The predicted octanol–water partition coefficient (Wildman–Crippen LogP) is 3.86. The Balaban J connectivity index is 0.808. The van der Waals surface area contributed by atoms with Crippen LogP contribution in [0, 0.1) is 0 Å². The zero-order chi connectivity index (χ0) is 45.1. The van der Waals surface area contributed by atoms with Gasteiger partial charge in [-0.1, -0.05) is 0 Å². The molecule has 0 spiro atoms. The second-order valence-electron chi connectivity index (χ2n) is 16.4. The molecule has 2 aliphatic rings. The van der Waals surface area contributed by atoms with Crippen molar-refractivity contribution in [3.8, 4) is 22.8 Å². The normalized spacial score (nSPS) is 13.2. The number of amides is 6. The third-order valence-electron chi connectivity index (χ3n) is 12.2. The lowest BCUT2D eigenvalue weighted by atomic mass is 9.86. The summed E-state index contributed by atoms with van der Waals surface area (Å²) in [5, 5.41) is 6.63. The van der Waals surface area contributed by atoms with E-state index in [1.54, 1.807) is 24.3 Å². The van der Waals surface area contributed by atoms with Gasteiger partial charge in [-0.2, -0.15) is 18.3 Å². The summed E-state index contributed by atoms with van der Waals surface area (Å²) in [5.74, 6) is -2.20. The van der Waals surface area contributed by atoms with Gasteiger partial charge >= 0.3 is 0 Å². The van der Waals surface area contributed by atoms with Crippen LogP contribution in [-0.4, -0.2) is 71.4 Å². The third-order valence-corrected chi connectivity index (χ3v) is 12.2. The summed E-state index contributed by atoms with van der Waals surface area (Å²) in [6.07, 6.45) is 11.3. The molecular weight excluding hydrogens is 809 g/mol. The molecule has 4 aromatic heterocycles. The fraction of sp³-hybridized carbons (Fsp3) is 0.280. The summed E-state index contributed by atoms with van der Waals surface area (Å²) in [7, 11) is 7.76. The van der Waals surface area contributed by atoms with Crippen LogP contribution in [0.15, 0.2) is 110 Å². The zero-order valence-corrected chi connectivity index (χ0v) is 36.6. The molecule has 0 fully saturated rings. The standard InChI is InChI=1S/C50H50N8O6/c1-53-27-13-7-15-39(53)41-23-17-33(31-55(41)3)45(59)51-25-9-5-11-29-57-47(61)35-19-21-37-44-38(22-20-36(43(35)44)48(57)62)50(64)58(49(37)63)30-12-6-10-26-52-46(60)34-18-24-42(56(4)32-34)40-16-8-14-28-54(40)2/h7-8,13-24,27-28,31-32H,5-6,9-12,25-26,29-30H2,1-4H3/q+2/p+2. The molecule has 0 saturated carbocycles. The van der Waals surface area contributed by atoms with Crippen LogP contribution in [0.1, 0.15) is 101 Å². The highest BCUT2D eigenvalue weighted by atomic mass is 16.2. The molecule has 14 heteroatoms. The van der Waals surface area contributed by atoms with E-state index in [0.717, 1.165) is 22.8 Å². The first-order chi connectivity index (χ1) is 30.9. The number of carbonyl (C=O) groups excluding carboxylic acids is 6. The number of unbranched alkanes of at least 4 members (excludes halogenated alkanes) is 4. The molecule has 6 aromatic rings. The molecule has 14 nitrogen and oxygen atoms in total. The van der Waals surface area contributed by atoms with Crippen LogP contribution in [0.25, 0.3) is 33.5 Å². The maximum Gasteiger partial charge on any atom is 0.277 e. The molecule has 6 amide bonds. The second kappa shape index (κ2) is 18.5. The molecule has 324 valence electrons. The Labute approximate surface area is 371 Å². The summed E-state index contributed by atoms with van der Waals surface area (Å²) < 4.78 is 7.90. The summed E-state index contributed by atoms with van der Waals surface area (Å²) >= 11 is 0. The highest BCUT2D eigenvalue weighted by Crippen LogP contribution is 2.38. The molecule has 0 bridgehead atoms. The molecular formula is C50H52N8O6+4. The number of carbonyl (C=O) groups is 6. The Morgan fingerprint density at radius 2 is 0.797 bits per heavy atom. The van der Waals surface area contributed by atoms with Crippen LogP contribution in [0.2, 0.25) is 0 Å². The van der Waals surface area contributed by atoms with Crippen molar-refractivity contribution in [2.75, 3.05) is 26.2 Å². The zero-order valence-electron chi connectivity index (χ0n) is 36.6. The van der Waals surface area contributed by atoms with Crippen molar-refractivity contribution in [3.63, 3.8) is 0 Å². The first-order valence-electron chi connectivity index (χ1n) is 21.7. The highest BCUT2D eigenvalue weighted by molar-refractivity contribution is 6.33. The molecule has 0 atom stereocenters. The SMILES string of the molecule is C[n+]1ccccc1-c1ccc(C(=O)NCCCCCN2C(=O)c3ccc4c5c(ccc(c35)C2=O)C(=O)N(CCCCCNC(=O)c2ccc(-c3cccc[n+]3C)[n+](C)c2)C4=O)c[n+]1C. The van der Waals surface area contributed by atoms with Crippen LogP contribution in [-0.2, 0) is 28.2 Å². The van der Waals surface area contributed by atoms with Gasteiger partial charge in [0, 0.05) is 95.6 Å². The first-order valence-corrected chi connectivity index (χ1v) is 21.7. The molecule has 64 heavy (non-hydrogen) atoms. The van der Waals surface area contributed by atoms with Crippen molar-refractivity contribution in [1.82, 2.24) is 20.4 Å². The topological polar surface area (TPSA) is 148 Å². The monoisotopic (exact) mass is 860 g/mol. The van der Waals surface area contributed by atoms with Crippen molar-refractivity contribution in [2.45, 2.75) is 38.5 Å². The van der Waals surface area contributed by atoms with Crippen molar-refractivity contribution in [2.24, 2.45) is 28.2 Å². The Bertz CT molecular complexity index is 2630. The van der Waals surface area contributed by atoms with Crippen LogP contribution >= 0.6 is 0 Å². The molecule has 0 unspecified atom stereocenters. The molecule has 2 N–H and O–H groups in total. The average Bonchev–Trinajstić information content (AvgIpc) is 3.29. The van der Waals surface area contributed by atoms with E-state index in [-0.39, 0.29) is 47.2 Å². The van der Waals surface area contributed by atoms with Gasteiger partial charge in [0.15, 0.2) is 24.8 Å². The fourth-order valence-electron chi connectivity index (χ4n) is 8.73. The number of imide groups is 2. The second-order valence-corrected chi connectivity index (χ2v) is 16.4. The van der Waals surface area contributed by atoms with Gasteiger partial charge in [0.05, 0.1) is 0 Å². The largest absolute Gasteiger partial charge is 0.352 e. The number of pyridine rings is 4. The van der Waals surface area contributed by atoms with Crippen LogP contribution in [0.4, 0.5) is 0 Å². The van der Waals surface area contributed by atoms with Gasteiger partial charge in [0.2, 0.25) is 0 Å². The fourth-order valence-corrected chi connectivity index (χ4v) is 8.73. The molecule has 0 radical (unpaired) electrons. The Kier molecular flexibility index (Phi) is 12.5. The van der Waals surface area contributed by atoms with Gasteiger partial charge in [0.1, 0.15) is 39.3 Å². The molecule has 2 aromatic carbocycles. The van der Waals surface area contributed by atoms with E-state index in [1.807, 2.05) is 132 Å². The molecule has 2 aliphatic heterocycles. The maximum absolute atomic E-state index is 13.8. The van der Waals surface area contributed by atoms with E-state index >= 15 is 0 Å². The molecule has 0 aliphatic carbocycles. The summed E-state index contributed by atoms with van der Waals surface area (Å²) in [6, 6.07) is 25.7. The smallest absolute Gasteiger partial charge is 0.277 e. The molecule has 6 heterocycles. The van der Waals surface area contributed by atoms with Gasteiger partial charge in [-0.05, 0) is 87.1 Å². The van der Waals surface area contributed by atoms with E-state index in [0.29, 0.717) is 73.5 Å². The number of aryl methyl sites for hydroxylation is 4. The van der Waals surface area contributed by atoms with Gasteiger partial charge in [-0.25, -0.2) is 0 Å². The summed E-state index contributed by atoms with van der Waals surface area (Å²) in [4.78, 5) is 83.4. The summed E-state index contributed by atoms with van der Waals surface area (Å²) in [5.41, 5.74) is 6.23.